The molecule has 4 aromatic rings. The molecule has 0 aliphatic heterocycles. The second kappa shape index (κ2) is 12.2. The first kappa shape index (κ1) is 24.5. The molecule has 0 amide bonds. The Morgan fingerprint density at radius 2 is 1.83 bits per heavy atom. The number of aromatic nitrogens is 1. The molecule has 36 heavy (non-hydrogen) atoms. The summed E-state index contributed by atoms with van der Waals surface area (Å²) in [6.07, 6.45) is 7.26. The Morgan fingerprint density at radius 3 is 2.58 bits per heavy atom. The van der Waals surface area contributed by atoms with Gasteiger partial charge in [0, 0.05) is 22.9 Å². The van der Waals surface area contributed by atoms with Crippen LogP contribution in [0.15, 0.2) is 113 Å². The summed E-state index contributed by atoms with van der Waals surface area (Å²) < 4.78 is 17.2. The lowest BCUT2D eigenvalue weighted by Gasteiger charge is -2.15. The van der Waals surface area contributed by atoms with Gasteiger partial charge in [-0.05, 0) is 59.8 Å². The molecule has 7 nitrogen and oxygen atoms in total. The van der Waals surface area contributed by atoms with Crippen molar-refractivity contribution in [3.05, 3.63) is 131 Å². The van der Waals surface area contributed by atoms with Crippen LogP contribution in [0.4, 0.5) is 0 Å². The lowest BCUT2D eigenvalue weighted by molar-refractivity contribution is -0.110. The third kappa shape index (κ3) is 6.49. The maximum atomic E-state index is 12.8. The summed E-state index contributed by atoms with van der Waals surface area (Å²) in [7, 11) is 0. The van der Waals surface area contributed by atoms with Crippen LogP contribution in [0.3, 0.4) is 0 Å². The molecule has 1 N–H and O–H groups in total. The molecule has 0 fully saturated rings. The zero-order valence-corrected chi connectivity index (χ0v) is 19.7. The molecule has 0 saturated carbocycles. The van der Waals surface area contributed by atoms with Crippen LogP contribution >= 0.6 is 11.6 Å². The summed E-state index contributed by atoms with van der Waals surface area (Å²) in [4.78, 5) is 17.0. The molecule has 0 bridgehead atoms. The Balaban J connectivity index is 1.66. The predicted molar refractivity (Wildman–Crippen MR) is 137 cm³/mol. The number of carbonyl (C=O) groups excluding carboxylic acids is 1. The number of carbonyl (C=O) groups is 1. The quantitative estimate of drug-likeness (QED) is 0.0715. The molecule has 2 aromatic heterocycles. The fraction of sp³-hybridized carbons (Fsp3) is 0.0357. The molecule has 2 aromatic carbocycles. The van der Waals surface area contributed by atoms with Crippen molar-refractivity contribution in [1.82, 2.24) is 4.98 Å². The number of oxime groups is 1. The van der Waals surface area contributed by atoms with Crippen LogP contribution in [0.5, 0.6) is 5.75 Å². The third-order valence-corrected chi connectivity index (χ3v) is 5.27. The van der Waals surface area contributed by atoms with Crippen LogP contribution in [-0.4, -0.2) is 21.9 Å². The minimum absolute atomic E-state index is 0.0876. The SMILES string of the molecule is O=C(C=Cc1ccccn1)C=C(OC(=NO)c1ccco1)c1ccccc1OCc1ccccc1Cl. The van der Waals surface area contributed by atoms with Gasteiger partial charge in [-0.15, -0.1) is 0 Å². The highest BCUT2D eigenvalue weighted by atomic mass is 35.5. The zero-order valence-electron chi connectivity index (χ0n) is 19.0. The maximum Gasteiger partial charge on any atom is 0.299 e. The first-order chi connectivity index (χ1) is 17.6. The van der Waals surface area contributed by atoms with E-state index in [4.69, 9.17) is 25.5 Å². The molecule has 0 aliphatic carbocycles. The van der Waals surface area contributed by atoms with Crippen molar-refractivity contribution < 1.29 is 23.9 Å². The Bertz CT molecular complexity index is 1400. The molecule has 0 saturated heterocycles. The van der Waals surface area contributed by atoms with E-state index in [1.54, 1.807) is 66.9 Å². The number of halogens is 1. The van der Waals surface area contributed by atoms with E-state index in [-0.39, 0.29) is 29.8 Å². The molecule has 0 radical (unpaired) electrons. The molecule has 0 spiro atoms. The number of pyridine rings is 1. The number of hydrogen-bond acceptors (Lipinski definition) is 7. The van der Waals surface area contributed by atoms with E-state index >= 15 is 0 Å². The Morgan fingerprint density at radius 1 is 1.03 bits per heavy atom. The largest absolute Gasteiger partial charge is 0.488 e. The van der Waals surface area contributed by atoms with Gasteiger partial charge in [-0.2, -0.15) is 0 Å². The van der Waals surface area contributed by atoms with Gasteiger partial charge in [-0.3, -0.25) is 9.78 Å². The van der Waals surface area contributed by atoms with Crippen LogP contribution in [0.2, 0.25) is 5.02 Å². The number of rotatable bonds is 9. The second-order valence-electron chi connectivity index (χ2n) is 7.36. The standard InChI is InChI=1S/C28H21ClN2O5/c29-24-11-3-1-8-20(24)19-35-25-12-4-2-10-23(25)27(36-28(31-33)26-13-7-17-34-26)18-22(32)15-14-21-9-5-6-16-30-21/h1-18,33H,19H2. The topological polar surface area (TPSA) is 94.2 Å². The monoisotopic (exact) mass is 500 g/mol. The normalized spacial score (nSPS) is 12.0. The van der Waals surface area contributed by atoms with E-state index in [9.17, 15) is 10.0 Å². The lowest BCUT2D eigenvalue weighted by Crippen LogP contribution is -2.08. The van der Waals surface area contributed by atoms with Gasteiger partial charge in [-0.1, -0.05) is 48.0 Å². The van der Waals surface area contributed by atoms with Gasteiger partial charge in [-0.25, -0.2) is 0 Å². The summed E-state index contributed by atoms with van der Waals surface area (Å²) in [6, 6.07) is 22.9. The second-order valence-corrected chi connectivity index (χ2v) is 7.77. The summed E-state index contributed by atoms with van der Waals surface area (Å²) in [5.41, 5.74) is 1.87. The van der Waals surface area contributed by atoms with Crippen molar-refractivity contribution in [2.75, 3.05) is 0 Å². The number of furan rings is 1. The van der Waals surface area contributed by atoms with Gasteiger partial charge >= 0.3 is 0 Å². The Kier molecular flexibility index (Phi) is 8.30. The van der Waals surface area contributed by atoms with Crippen molar-refractivity contribution in [2.24, 2.45) is 5.16 Å². The molecule has 8 heteroatoms. The van der Waals surface area contributed by atoms with Crippen molar-refractivity contribution >= 4 is 35.1 Å². The number of ether oxygens (including phenoxy) is 2. The Labute approximate surface area is 212 Å². The average Bonchev–Trinajstić information content (AvgIpc) is 3.45. The van der Waals surface area contributed by atoms with Gasteiger partial charge < -0.3 is 19.1 Å². The van der Waals surface area contributed by atoms with E-state index in [0.29, 0.717) is 22.0 Å². The number of benzene rings is 2. The van der Waals surface area contributed by atoms with Crippen LogP contribution in [0, 0.1) is 0 Å². The number of para-hydroxylation sites is 1. The summed E-state index contributed by atoms with van der Waals surface area (Å²) in [5, 5.41) is 13.3. The molecule has 0 unspecified atom stereocenters. The molecule has 0 aliphatic rings. The van der Waals surface area contributed by atoms with E-state index in [1.165, 1.54) is 18.4 Å². The molecular formula is C28H21ClN2O5. The highest BCUT2D eigenvalue weighted by molar-refractivity contribution is 6.31. The molecular weight excluding hydrogens is 480 g/mol. The number of allylic oxidation sites excluding steroid dienone is 2. The molecule has 4 rings (SSSR count). The van der Waals surface area contributed by atoms with Crippen LogP contribution in [0.1, 0.15) is 22.6 Å². The van der Waals surface area contributed by atoms with Gasteiger partial charge in [0.1, 0.15) is 18.1 Å². The van der Waals surface area contributed by atoms with E-state index in [1.807, 2.05) is 24.3 Å². The lowest BCUT2D eigenvalue weighted by atomic mass is 10.1. The van der Waals surface area contributed by atoms with Crippen molar-refractivity contribution in [3.63, 3.8) is 0 Å². The van der Waals surface area contributed by atoms with Gasteiger partial charge in [0.05, 0.1) is 17.5 Å². The fourth-order valence-corrected chi connectivity index (χ4v) is 3.36. The van der Waals surface area contributed by atoms with Crippen molar-refractivity contribution in [3.8, 4) is 5.75 Å². The summed E-state index contributed by atoms with van der Waals surface area (Å²) in [6.45, 7) is 0.191. The van der Waals surface area contributed by atoms with Gasteiger partial charge in [0.2, 0.25) is 0 Å². The number of hydrogen-bond donors (Lipinski definition) is 1. The molecule has 2 heterocycles. The van der Waals surface area contributed by atoms with Crippen LogP contribution in [0.25, 0.3) is 11.8 Å². The van der Waals surface area contributed by atoms with Gasteiger partial charge in [0.15, 0.2) is 11.5 Å². The van der Waals surface area contributed by atoms with E-state index in [2.05, 4.69) is 10.1 Å². The van der Waals surface area contributed by atoms with Crippen LogP contribution < -0.4 is 4.74 Å². The van der Waals surface area contributed by atoms with Gasteiger partial charge in [0.25, 0.3) is 5.90 Å². The average molecular weight is 501 g/mol. The zero-order chi connectivity index (χ0) is 25.2. The van der Waals surface area contributed by atoms with Crippen molar-refractivity contribution in [2.45, 2.75) is 6.61 Å². The summed E-state index contributed by atoms with van der Waals surface area (Å²) in [5.74, 6) is 0.0860. The highest BCUT2D eigenvalue weighted by Gasteiger charge is 2.18. The highest BCUT2D eigenvalue weighted by Crippen LogP contribution is 2.29. The molecule has 0 atom stereocenters. The third-order valence-electron chi connectivity index (χ3n) is 4.90. The number of nitrogens with zero attached hydrogens (tertiary/aromatic N) is 2. The predicted octanol–water partition coefficient (Wildman–Crippen LogP) is 6.38. The van der Waals surface area contributed by atoms with E-state index < -0.39 is 0 Å². The fourth-order valence-electron chi connectivity index (χ4n) is 3.17. The van der Waals surface area contributed by atoms with Crippen molar-refractivity contribution in [1.29, 1.82) is 0 Å². The molecule has 180 valence electrons. The van der Waals surface area contributed by atoms with Crippen LogP contribution in [-0.2, 0) is 16.1 Å². The minimum Gasteiger partial charge on any atom is -0.488 e. The minimum atomic E-state index is -0.381. The first-order valence-electron chi connectivity index (χ1n) is 10.9. The maximum absolute atomic E-state index is 12.8. The smallest absolute Gasteiger partial charge is 0.299 e. The van der Waals surface area contributed by atoms with E-state index in [0.717, 1.165) is 5.56 Å². The number of ketones is 1. The summed E-state index contributed by atoms with van der Waals surface area (Å²) >= 11 is 6.26. The Hall–Kier alpha value is -4.62. The first-order valence-corrected chi connectivity index (χ1v) is 11.3.